The third kappa shape index (κ3) is 2.85. The number of hydrogen-bond acceptors (Lipinski definition) is 5. The van der Waals surface area contributed by atoms with Gasteiger partial charge in [-0.1, -0.05) is 6.07 Å². The number of aromatic nitrogens is 5. The fourth-order valence-electron chi connectivity index (χ4n) is 2.28. The molecule has 0 N–H and O–H groups in total. The summed E-state index contributed by atoms with van der Waals surface area (Å²) in [5.74, 6) is 0.969. The first kappa shape index (κ1) is 13.2. The molecule has 2 aromatic rings. The van der Waals surface area contributed by atoms with Crippen molar-refractivity contribution in [3.05, 3.63) is 35.9 Å². The summed E-state index contributed by atoms with van der Waals surface area (Å²) in [6, 6.07) is 6.77. The summed E-state index contributed by atoms with van der Waals surface area (Å²) in [7, 11) is 2.11. The van der Waals surface area contributed by atoms with Crippen LogP contribution in [0.3, 0.4) is 0 Å². The molecule has 3 rings (SSSR count). The van der Waals surface area contributed by atoms with Crippen molar-refractivity contribution in [3.8, 4) is 0 Å². The van der Waals surface area contributed by atoms with Crippen LogP contribution in [0.2, 0.25) is 0 Å². The second kappa shape index (κ2) is 5.66. The van der Waals surface area contributed by atoms with E-state index in [0.29, 0.717) is 6.04 Å². The summed E-state index contributed by atoms with van der Waals surface area (Å²) >= 11 is 0. The van der Waals surface area contributed by atoms with E-state index in [1.54, 1.807) is 0 Å². The molecule has 1 aliphatic rings. The molecule has 6 heteroatoms. The lowest BCUT2D eigenvalue weighted by atomic mass is 10.2. The van der Waals surface area contributed by atoms with Crippen molar-refractivity contribution < 1.29 is 0 Å². The van der Waals surface area contributed by atoms with Crippen molar-refractivity contribution in [2.75, 3.05) is 13.6 Å². The molecular weight excluding hydrogens is 252 g/mol. The van der Waals surface area contributed by atoms with Crippen LogP contribution >= 0.6 is 0 Å². The van der Waals surface area contributed by atoms with Gasteiger partial charge in [0, 0.05) is 24.9 Å². The highest BCUT2D eigenvalue weighted by molar-refractivity contribution is 5.04. The molecule has 1 aliphatic carbocycles. The normalized spacial score (nSPS) is 16.6. The van der Waals surface area contributed by atoms with Gasteiger partial charge in [0.1, 0.15) is 0 Å². The minimum absolute atomic E-state index is 0.217. The highest BCUT2D eigenvalue weighted by Crippen LogP contribution is 2.35. The van der Waals surface area contributed by atoms with Gasteiger partial charge in [-0.05, 0) is 49.4 Å². The fraction of sp³-hybridized carbons (Fsp3) is 0.571. The van der Waals surface area contributed by atoms with Crippen LogP contribution in [-0.4, -0.2) is 43.7 Å². The van der Waals surface area contributed by atoms with Gasteiger partial charge < -0.3 is 0 Å². The molecule has 1 fully saturated rings. The van der Waals surface area contributed by atoms with E-state index in [-0.39, 0.29) is 6.04 Å². The van der Waals surface area contributed by atoms with Crippen molar-refractivity contribution in [3.63, 3.8) is 0 Å². The van der Waals surface area contributed by atoms with E-state index in [1.807, 2.05) is 23.0 Å². The molecule has 0 aromatic carbocycles. The maximum Gasteiger partial charge on any atom is 0.168 e. The first-order chi connectivity index (χ1) is 9.75. The highest BCUT2D eigenvalue weighted by atomic mass is 15.6. The molecule has 20 heavy (non-hydrogen) atoms. The highest BCUT2D eigenvalue weighted by Gasteiger charge is 2.30. The fourth-order valence-corrected chi connectivity index (χ4v) is 2.28. The lowest BCUT2D eigenvalue weighted by Crippen LogP contribution is -2.27. The van der Waals surface area contributed by atoms with Gasteiger partial charge in [0.15, 0.2) is 5.82 Å². The number of nitrogens with zero attached hydrogens (tertiary/aromatic N) is 6. The van der Waals surface area contributed by atoms with Gasteiger partial charge in [0.2, 0.25) is 0 Å². The van der Waals surface area contributed by atoms with E-state index in [0.717, 1.165) is 24.5 Å². The van der Waals surface area contributed by atoms with Gasteiger partial charge in [-0.2, -0.15) is 0 Å². The van der Waals surface area contributed by atoms with Crippen LogP contribution in [0, 0.1) is 0 Å². The molecule has 6 nitrogen and oxygen atoms in total. The Hall–Kier alpha value is -1.82. The van der Waals surface area contributed by atoms with E-state index in [4.69, 9.17) is 0 Å². The molecule has 2 heterocycles. The van der Waals surface area contributed by atoms with Crippen LogP contribution in [0.1, 0.15) is 43.4 Å². The van der Waals surface area contributed by atoms with Crippen molar-refractivity contribution in [2.45, 2.75) is 38.3 Å². The monoisotopic (exact) mass is 272 g/mol. The van der Waals surface area contributed by atoms with Crippen molar-refractivity contribution in [1.29, 1.82) is 0 Å². The third-order valence-corrected chi connectivity index (χ3v) is 3.89. The SMILES string of the molecule is C[C@@H](c1nnnn1C1CC1)N(C)CCc1ccccn1. The lowest BCUT2D eigenvalue weighted by molar-refractivity contribution is 0.246. The largest absolute Gasteiger partial charge is 0.296 e. The van der Waals surface area contributed by atoms with Gasteiger partial charge in [-0.3, -0.25) is 9.88 Å². The molecule has 0 bridgehead atoms. The number of tetrazole rings is 1. The molecule has 0 saturated heterocycles. The van der Waals surface area contributed by atoms with E-state index in [1.165, 1.54) is 12.8 Å². The Morgan fingerprint density at radius 2 is 2.25 bits per heavy atom. The van der Waals surface area contributed by atoms with E-state index in [2.05, 4.69) is 45.4 Å². The Balaban J connectivity index is 1.61. The number of hydrogen-bond donors (Lipinski definition) is 0. The average molecular weight is 272 g/mol. The Kier molecular flexibility index (Phi) is 3.73. The summed E-state index contributed by atoms with van der Waals surface area (Å²) in [5, 5.41) is 12.1. The van der Waals surface area contributed by atoms with Gasteiger partial charge in [-0.15, -0.1) is 5.10 Å². The maximum absolute atomic E-state index is 4.36. The van der Waals surface area contributed by atoms with E-state index >= 15 is 0 Å². The number of likely N-dealkylation sites (N-methyl/N-ethyl adjacent to an activating group) is 1. The summed E-state index contributed by atoms with van der Waals surface area (Å²) in [6.07, 6.45) is 5.17. The topological polar surface area (TPSA) is 59.7 Å². The molecule has 2 aromatic heterocycles. The molecular formula is C14H20N6. The van der Waals surface area contributed by atoms with Crippen molar-refractivity contribution >= 4 is 0 Å². The molecule has 0 aliphatic heterocycles. The number of rotatable bonds is 6. The van der Waals surface area contributed by atoms with Crippen LogP contribution in [-0.2, 0) is 6.42 Å². The standard InChI is InChI=1S/C14H20N6/c1-11(14-16-17-18-20(14)13-6-7-13)19(2)10-8-12-5-3-4-9-15-12/h3-5,9,11,13H,6-8,10H2,1-2H3/t11-/m0/s1. The van der Waals surface area contributed by atoms with Crippen LogP contribution in [0.15, 0.2) is 24.4 Å². The van der Waals surface area contributed by atoms with Gasteiger partial charge in [0.05, 0.1) is 12.1 Å². The zero-order valence-electron chi connectivity index (χ0n) is 12.0. The summed E-state index contributed by atoms with van der Waals surface area (Å²) in [6.45, 7) is 3.10. The van der Waals surface area contributed by atoms with E-state index < -0.39 is 0 Å². The molecule has 1 atom stereocenters. The van der Waals surface area contributed by atoms with E-state index in [9.17, 15) is 0 Å². The zero-order valence-corrected chi connectivity index (χ0v) is 12.0. The smallest absolute Gasteiger partial charge is 0.168 e. The van der Waals surface area contributed by atoms with Crippen molar-refractivity contribution in [1.82, 2.24) is 30.1 Å². The summed E-state index contributed by atoms with van der Waals surface area (Å²) in [5.41, 5.74) is 1.12. The zero-order chi connectivity index (χ0) is 13.9. The van der Waals surface area contributed by atoms with Crippen LogP contribution in [0.5, 0.6) is 0 Å². The minimum Gasteiger partial charge on any atom is -0.296 e. The quantitative estimate of drug-likeness (QED) is 0.800. The first-order valence-electron chi connectivity index (χ1n) is 7.13. The van der Waals surface area contributed by atoms with Crippen LogP contribution in [0.4, 0.5) is 0 Å². The molecule has 0 radical (unpaired) electrons. The lowest BCUT2D eigenvalue weighted by Gasteiger charge is -2.23. The summed E-state index contributed by atoms with van der Waals surface area (Å²) < 4.78 is 1.99. The van der Waals surface area contributed by atoms with Gasteiger partial charge in [0.25, 0.3) is 0 Å². The van der Waals surface area contributed by atoms with Gasteiger partial charge in [-0.25, -0.2) is 4.68 Å². The Morgan fingerprint density at radius 3 is 2.95 bits per heavy atom. The molecule has 0 spiro atoms. The Morgan fingerprint density at radius 1 is 1.40 bits per heavy atom. The van der Waals surface area contributed by atoms with Gasteiger partial charge >= 0.3 is 0 Å². The number of pyridine rings is 1. The molecule has 0 amide bonds. The third-order valence-electron chi connectivity index (χ3n) is 3.89. The molecule has 1 saturated carbocycles. The average Bonchev–Trinajstić information content (AvgIpc) is 3.22. The van der Waals surface area contributed by atoms with Crippen LogP contribution < -0.4 is 0 Å². The summed E-state index contributed by atoms with van der Waals surface area (Å²) in [4.78, 5) is 6.63. The van der Waals surface area contributed by atoms with Crippen molar-refractivity contribution in [2.24, 2.45) is 0 Å². The molecule has 0 unspecified atom stereocenters. The minimum atomic E-state index is 0.217. The Labute approximate surface area is 118 Å². The second-order valence-corrected chi connectivity index (χ2v) is 5.44. The Bertz CT molecular complexity index is 548. The predicted octanol–water partition coefficient (Wildman–Crippen LogP) is 1.64. The predicted molar refractivity (Wildman–Crippen MR) is 75.1 cm³/mol. The second-order valence-electron chi connectivity index (χ2n) is 5.44. The molecule has 106 valence electrons. The first-order valence-corrected chi connectivity index (χ1v) is 7.13. The van der Waals surface area contributed by atoms with Crippen LogP contribution in [0.25, 0.3) is 0 Å². The maximum atomic E-state index is 4.36.